The average molecular weight is 275 g/mol. The fraction of sp³-hybridized carbons (Fsp3) is 0.833. The molecule has 0 aliphatic carbocycles. The Morgan fingerprint density at radius 2 is 1.88 bits per heavy atom. The van der Waals surface area contributed by atoms with Gasteiger partial charge in [0, 0.05) is 0 Å². The zero-order valence-corrected chi connectivity index (χ0v) is 10.0. The van der Waals surface area contributed by atoms with E-state index in [0.29, 0.717) is 0 Å². The van der Waals surface area contributed by atoms with E-state index in [1.165, 1.54) is 0 Å². The molecular weight excluding hydrogens is 261 g/mol. The number of carboxylic acid groups (broad SMARTS) is 1. The molecular formula is C6H14NO7PS. The summed E-state index contributed by atoms with van der Waals surface area (Å²) in [6.07, 6.45) is -0.770. The molecule has 1 atom stereocenters. The Morgan fingerprint density at radius 3 is 2.25 bits per heavy atom. The second-order valence-corrected chi connectivity index (χ2v) is 7.31. The molecule has 10 heteroatoms. The molecule has 0 aromatic heterocycles. The molecule has 96 valence electrons. The first-order valence-corrected chi connectivity index (χ1v) is 7.89. The van der Waals surface area contributed by atoms with Crippen molar-refractivity contribution in [1.29, 1.82) is 0 Å². The summed E-state index contributed by atoms with van der Waals surface area (Å²) in [6.45, 7) is 0. The third-order valence-electron chi connectivity index (χ3n) is 1.66. The van der Waals surface area contributed by atoms with Gasteiger partial charge in [-0.15, -0.1) is 0 Å². The van der Waals surface area contributed by atoms with Crippen LogP contribution in [0.2, 0.25) is 0 Å². The lowest BCUT2D eigenvalue weighted by molar-refractivity contribution is -0.137. The van der Waals surface area contributed by atoms with Gasteiger partial charge in [0.2, 0.25) is 0 Å². The topological polar surface area (TPSA) is 155 Å². The maximum atomic E-state index is 11.2. The normalized spacial score (nSPS) is 14.7. The first-order chi connectivity index (χ1) is 7.03. The summed E-state index contributed by atoms with van der Waals surface area (Å²) >= 11 is 0. The monoisotopic (exact) mass is 275 g/mol. The van der Waals surface area contributed by atoms with E-state index in [2.05, 4.69) is 0 Å². The van der Waals surface area contributed by atoms with Gasteiger partial charge in [-0.25, -0.2) is 8.42 Å². The Kier molecular flexibility index (Phi) is 5.57. The van der Waals surface area contributed by atoms with Crippen LogP contribution in [0.1, 0.15) is 6.42 Å². The van der Waals surface area contributed by atoms with Gasteiger partial charge in [0.25, 0.3) is 0 Å². The van der Waals surface area contributed by atoms with Crippen LogP contribution >= 0.6 is 7.60 Å². The lowest BCUT2D eigenvalue weighted by Crippen LogP contribution is -2.38. The summed E-state index contributed by atoms with van der Waals surface area (Å²) in [6, 6.07) is -1.51. The molecule has 8 nitrogen and oxygen atoms in total. The molecule has 0 rings (SSSR count). The van der Waals surface area contributed by atoms with Gasteiger partial charge >= 0.3 is 13.6 Å². The lowest BCUT2D eigenvalue weighted by Gasteiger charge is -2.08. The van der Waals surface area contributed by atoms with Crippen LogP contribution in [0.4, 0.5) is 0 Å². The molecule has 16 heavy (non-hydrogen) atoms. The average Bonchev–Trinajstić information content (AvgIpc) is 1.99. The molecule has 0 heterocycles. The smallest absolute Gasteiger partial charge is 0.325 e. The first kappa shape index (κ1) is 15.5. The molecule has 0 aromatic carbocycles. The second-order valence-electron chi connectivity index (χ2n) is 3.30. The number of carbonyl (C=O) groups is 1. The fourth-order valence-corrected chi connectivity index (χ4v) is 3.14. The third-order valence-corrected chi connectivity index (χ3v) is 4.33. The lowest BCUT2D eigenvalue weighted by atomic mass is 10.4. The van der Waals surface area contributed by atoms with Crippen LogP contribution in [-0.2, 0) is 19.2 Å². The van der Waals surface area contributed by atoms with Gasteiger partial charge < -0.3 is 20.6 Å². The highest BCUT2D eigenvalue weighted by molar-refractivity contribution is 7.91. The molecule has 0 aromatic rings. The number of hydrogen-bond donors (Lipinski definition) is 4. The molecule has 0 aliphatic heterocycles. The first-order valence-electron chi connectivity index (χ1n) is 4.27. The molecule has 0 aliphatic rings. The maximum Gasteiger partial charge on any atom is 0.325 e. The van der Waals surface area contributed by atoms with Crippen molar-refractivity contribution < 1.29 is 32.7 Å². The predicted octanol–water partition coefficient (Wildman–Crippen LogP) is -1.62. The van der Waals surface area contributed by atoms with E-state index < -0.39 is 47.1 Å². The van der Waals surface area contributed by atoms with Crippen molar-refractivity contribution in [2.75, 3.05) is 17.7 Å². The fourth-order valence-electron chi connectivity index (χ4n) is 0.919. The highest BCUT2D eigenvalue weighted by Gasteiger charge is 2.22. The highest BCUT2D eigenvalue weighted by Crippen LogP contribution is 2.34. The zero-order valence-electron chi connectivity index (χ0n) is 8.31. The van der Waals surface area contributed by atoms with Gasteiger partial charge in [-0.2, -0.15) is 0 Å². The van der Waals surface area contributed by atoms with Crippen LogP contribution < -0.4 is 5.73 Å². The molecule has 0 unspecified atom stereocenters. The zero-order chi connectivity index (χ0) is 13.0. The third kappa shape index (κ3) is 7.77. The molecule has 0 saturated heterocycles. The van der Waals surface area contributed by atoms with E-state index in [0.717, 1.165) is 0 Å². The van der Waals surface area contributed by atoms with Gasteiger partial charge in [-0.3, -0.25) is 9.36 Å². The highest BCUT2D eigenvalue weighted by atomic mass is 32.2. The van der Waals surface area contributed by atoms with E-state index in [9.17, 15) is 17.8 Å². The molecule has 0 bridgehead atoms. The van der Waals surface area contributed by atoms with Crippen LogP contribution in [-0.4, -0.2) is 53.0 Å². The number of aliphatic carboxylic acids is 1. The Labute approximate surface area is 92.5 Å². The predicted molar refractivity (Wildman–Crippen MR) is 55.8 cm³/mol. The summed E-state index contributed by atoms with van der Waals surface area (Å²) in [4.78, 5) is 27.3. The van der Waals surface area contributed by atoms with Crippen molar-refractivity contribution in [1.82, 2.24) is 0 Å². The number of hydrogen-bond acceptors (Lipinski definition) is 5. The van der Waals surface area contributed by atoms with Gasteiger partial charge in [-0.1, -0.05) is 0 Å². The van der Waals surface area contributed by atoms with Crippen LogP contribution in [0.25, 0.3) is 0 Å². The van der Waals surface area contributed by atoms with E-state index >= 15 is 0 Å². The van der Waals surface area contributed by atoms with Crippen LogP contribution in [0.5, 0.6) is 0 Å². The van der Waals surface area contributed by atoms with Crippen LogP contribution in [0, 0.1) is 0 Å². The van der Waals surface area contributed by atoms with Crippen molar-refractivity contribution in [2.24, 2.45) is 5.73 Å². The Balaban J connectivity index is 4.17. The molecule has 0 amide bonds. The standard InChI is InChI=1S/C6H14NO7PS/c7-5(6(8)9)4-16(13,14)3-1-2-15(10,11)12/h5H,1-4,7H2,(H,8,9)(H2,10,11,12)/t5-/m1/s1. The Bertz CT molecular complexity index is 386. The molecule has 0 saturated carbocycles. The molecule has 0 spiro atoms. The number of nitrogens with two attached hydrogens (primary N) is 1. The largest absolute Gasteiger partial charge is 0.480 e. The van der Waals surface area contributed by atoms with E-state index in [1.54, 1.807) is 0 Å². The number of carboxylic acids is 1. The van der Waals surface area contributed by atoms with Crippen LogP contribution in [0.15, 0.2) is 0 Å². The maximum absolute atomic E-state index is 11.2. The molecule has 5 N–H and O–H groups in total. The van der Waals surface area contributed by atoms with E-state index in [-0.39, 0.29) is 6.42 Å². The summed E-state index contributed by atoms with van der Waals surface area (Å²) in [5.74, 6) is -2.65. The Hall–Kier alpha value is -0.470. The van der Waals surface area contributed by atoms with Crippen molar-refractivity contribution in [3.05, 3.63) is 0 Å². The summed E-state index contributed by atoms with van der Waals surface area (Å²) < 4.78 is 32.9. The van der Waals surface area contributed by atoms with Gasteiger partial charge in [0.1, 0.15) is 6.04 Å². The summed E-state index contributed by atoms with van der Waals surface area (Å²) in [5.41, 5.74) is 5.03. The Morgan fingerprint density at radius 1 is 1.38 bits per heavy atom. The van der Waals surface area contributed by atoms with Crippen molar-refractivity contribution in [3.63, 3.8) is 0 Å². The van der Waals surface area contributed by atoms with Crippen LogP contribution in [0.3, 0.4) is 0 Å². The van der Waals surface area contributed by atoms with Crippen molar-refractivity contribution >= 4 is 23.4 Å². The van der Waals surface area contributed by atoms with E-state index in [1.807, 2.05) is 0 Å². The minimum Gasteiger partial charge on any atom is -0.480 e. The summed E-state index contributed by atoms with van der Waals surface area (Å²) in [7, 11) is -7.91. The number of sulfone groups is 1. The molecule has 0 radical (unpaired) electrons. The SMILES string of the molecule is N[C@H](CS(=O)(=O)CCCP(=O)(O)O)C(=O)O. The second kappa shape index (κ2) is 5.74. The quantitative estimate of drug-likeness (QED) is 0.404. The van der Waals surface area contributed by atoms with Gasteiger partial charge in [-0.05, 0) is 6.42 Å². The molecule has 0 fully saturated rings. The summed E-state index contributed by atoms with van der Waals surface area (Å²) in [5, 5.41) is 8.39. The van der Waals surface area contributed by atoms with Gasteiger partial charge in [0.15, 0.2) is 9.84 Å². The minimum absolute atomic E-state index is 0.223. The van der Waals surface area contributed by atoms with Crippen molar-refractivity contribution in [2.45, 2.75) is 12.5 Å². The number of rotatable bonds is 7. The van der Waals surface area contributed by atoms with Crippen molar-refractivity contribution in [3.8, 4) is 0 Å². The van der Waals surface area contributed by atoms with Gasteiger partial charge in [0.05, 0.1) is 17.7 Å². The van der Waals surface area contributed by atoms with E-state index in [4.69, 9.17) is 20.6 Å². The minimum atomic E-state index is -4.22.